The highest BCUT2D eigenvalue weighted by Gasteiger charge is 2.13. The molecule has 0 unspecified atom stereocenters. The van der Waals surface area contributed by atoms with Crippen molar-refractivity contribution in [2.24, 2.45) is 0 Å². The molecule has 4 heteroatoms. The summed E-state index contributed by atoms with van der Waals surface area (Å²) in [5.41, 5.74) is 3.04. The Kier molecular flexibility index (Phi) is 4.53. The van der Waals surface area contributed by atoms with Gasteiger partial charge in [-0.05, 0) is 45.8 Å². The number of amides is 1. The minimum Gasteiger partial charge on any atom is -0.321 e. The normalized spacial score (nSPS) is 10.3. The first-order valence-electron chi connectivity index (χ1n) is 7.06. The van der Waals surface area contributed by atoms with Crippen molar-refractivity contribution < 1.29 is 9.18 Å². The SMILES string of the molecule is O=C(Nc1ccccc1-c1ccccc1)c1ccc(F)cc1Br. The molecule has 0 aliphatic carbocycles. The van der Waals surface area contributed by atoms with Crippen LogP contribution in [0.25, 0.3) is 11.1 Å². The molecule has 0 aromatic heterocycles. The van der Waals surface area contributed by atoms with Gasteiger partial charge in [-0.15, -0.1) is 0 Å². The first-order chi connectivity index (χ1) is 11.1. The van der Waals surface area contributed by atoms with Crippen molar-refractivity contribution in [3.63, 3.8) is 0 Å². The van der Waals surface area contributed by atoms with Crippen LogP contribution < -0.4 is 5.32 Å². The van der Waals surface area contributed by atoms with Crippen molar-refractivity contribution in [2.75, 3.05) is 5.32 Å². The minimum atomic E-state index is -0.391. The van der Waals surface area contributed by atoms with E-state index in [1.54, 1.807) is 0 Å². The number of hydrogen-bond acceptors (Lipinski definition) is 1. The standard InChI is InChI=1S/C19H13BrFNO/c20-17-12-14(21)10-11-16(17)19(23)22-18-9-5-4-8-15(18)13-6-2-1-3-7-13/h1-12H,(H,22,23). The molecule has 1 amide bonds. The third-order valence-corrected chi connectivity index (χ3v) is 4.09. The summed E-state index contributed by atoms with van der Waals surface area (Å²) >= 11 is 3.22. The average Bonchev–Trinajstić information content (AvgIpc) is 2.56. The van der Waals surface area contributed by atoms with E-state index < -0.39 is 5.82 Å². The molecule has 0 aliphatic heterocycles. The van der Waals surface area contributed by atoms with Crippen LogP contribution in [0.3, 0.4) is 0 Å². The number of carbonyl (C=O) groups excluding carboxylic acids is 1. The fourth-order valence-corrected chi connectivity index (χ4v) is 2.86. The number of benzene rings is 3. The molecule has 114 valence electrons. The zero-order valence-corrected chi connectivity index (χ0v) is 13.7. The number of hydrogen-bond donors (Lipinski definition) is 1. The molecule has 0 bridgehead atoms. The lowest BCUT2D eigenvalue weighted by Gasteiger charge is -2.12. The Morgan fingerprint density at radius 3 is 2.35 bits per heavy atom. The van der Waals surface area contributed by atoms with Crippen LogP contribution in [0.5, 0.6) is 0 Å². The Balaban J connectivity index is 1.93. The molecule has 1 N–H and O–H groups in total. The van der Waals surface area contributed by atoms with Crippen LogP contribution in [0.1, 0.15) is 10.4 Å². The first-order valence-corrected chi connectivity index (χ1v) is 7.85. The van der Waals surface area contributed by atoms with Gasteiger partial charge in [0.1, 0.15) is 5.82 Å². The van der Waals surface area contributed by atoms with Crippen molar-refractivity contribution in [2.45, 2.75) is 0 Å². The van der Waals surface area contributed by atoms with Gasteiger partial charge in [-0.2, -0.15) is 0 Å². The Morgan fingerprint density at radius 1 is 0.913 bits per heavy atom. The number of anilines is 1. The van der Waals surface area contributed by atoms with Crippen molar-refractivity contribution in [3.05, 3.63) is 88.6 Å². The van der Waals surface area contributed by atoms with Crippen LogP contribution in [0.15, 0.2) is 77.3 Å². The van der Waals surface area contributed by atoms with Crippen LogP contribution in [-0.2, 0) is 0 Å². The molecule has 23 heavy (non-hydrogen) atoms. The topological polar surface area (TPSA) is 29.1 Å². The minimum absolute atomic E-state index is 0.291. The Bertz CT molecular complexity index is 849. The van der Waals surface area contributed by atoms with Gasteiger partial charge in [0, 0.05) is 15.7 Å². The summed E-state index contributed by atoms with van der Waals surface area (Å²) in [4.78, 5) is 12.5. The second-order valence-electron chi connectivity index (χ2n) is 4.99. The smallest absolute Gasteiger partial charge is 0.256 e. The van der Waals surface area contributed by atoms with E-state index in [0.29, 0.717) is 15.7 Å². The van der Waals surface area contributed by atoms with E-state index in [2.05, 4.69) is 21.2 Å². The van der Waals surface area contributed by atoms with Gasteiger partial charge >= 0.3 is 0 Å². The molecule has 0 aliphatic rings. The van der Waals surface area contributed by atoms with Crippen molar-refractivity contribution in [1.29, 1.82) is 0 Å². The van der Waals surface area contributed by atoms with Gasteiger partial charge in [0.15, 0.2) is 0 Å². The lowest BCUT2D eigenvalue weighted by atomic mass is 10.0. The van der Waals surface area contributed by atoms with Gasteiger partial charge in [0.05, 0.1) is 5.56 Å². The highest BCUT2D eigenvalue weighted by Crippen LogP contribution is 2.28. The van der Waals surface area contributed by atoms with Crippen molar-refractivity contribution in [3.8, 4) is 11.1 Å². The predicted molar refractivity (Wildman–Crippen MR) is 93.9 cm³/mol. The largest absolute Gasteiger partial charge is 0.321 e. The van der Waals surface area contributed by atoms with Gasteiger partial charge in [-0.25, -0.2) is 4.39 Å². The zero-order chi connectivity index (χ0) is 16.2. The fraction of sp³-hybridized carbons (Fsp3) is 0. The van der Waals surface area contributed by atoms with Gasteiger partial charge in [0.25, 0.3) is 5.91 Å². The van der Waals surface area contributed by atoms with Crippen LogP contribution in [0, 0.1) is 5.82 Å². The molecular weight excluding hydrogens is 357 g/mol. The van der Waals surface area contributed by atoms with E-state index in [1.165, 1.54) is 18.2 Å². The fourth-order valence-electron chi connectivity index (χ4n) is 2.32. The summed E-state index contributed by atoms with van der Waals surface area (Å²) in [7, 11) is 0. The summed E-state index contributed by atoms with van der Waals surface area (Å²) in [6.45, 7) is 0. The molecule has 3 aromatic rings. The van der Waals surface area contributed by atoms with Gasteiger partial charge in [-0.1, -0.05) is 48.5 Å². The van der Waals surface area contributed by atoms with Crippen LogP contribution in [0.2, 0.25) is 0 Å². The van der Waals surface area contributed by atoms with Crippen molar-refractivity contribution >= 4 is 27.5 Å². The second-order valence-corrected chi connectivity index (χ2v) is 5.84. The zero-order valence-electron chi connectivity index (χ0n) is 12.1. The second kappa shape index (κ2) is 6.75. The summed E-state index contributed by atoms with van der Waals surface area (Å²) in [6, 6.07) is 21.4. The molecule has 0 atom stereocenters. The molecule has 0 saturated carbocycles. The molecule has 3 rings (SSSR count). The van der Waals surface area contributed by atoms with Crippen molar-refractivity contribution in [1.82, 2.24) is 0 Å². The van der Waals surface area contributed by atoms with Crippen LogP contribution in [0.4, 0.5) is 10.1 Å². The molecular formula is C19H13BrFNO. The Morgan fingerprint density at radius 2 is 1.61 bits per heavy atom. The van der Waals surface area contributed by atoms with E-state index in [0.717, 1.165) is 11.1 Å². The van der Waals surface area contributed by atoms with Gasteiger partial charge in [-0.3, -0.25) is 4.79 Å². The van der Waals surface area contributed by atoms with E-state index in [9.17, 15) is 9.18 Å². The molecule has 0 fully saturated rings. The highest BCUT2D eigenvalue weighted by molar-refractivity contribution is 9.10. The summed E-state index contributed by atoms with van der Waals surface area (Å²) < 4.78 is 13.6. The first kappa shape index (κ1) is 15.4. The molecule has 3 aromatic carbocycles. The van der Waals surface area contributed by atoms with E-state index in [1.807, 2.05) is 54.6 Å². The third kappa shape index (κ3) is 3.48. The molecule has 0 heterocycles. The van der Waals surface area contributed by atoms with E-state index in [4.69, 9.17) is 0 Å². The molecule has 0 saturated heterocycles. The molecule has 0 radical (unpaired) electrons. The number of rotatable bonds is 3. The van der Waals surface area contributed by atoms with Crippen LogP contribution in [-0.4, -0.2) is 5.91 Å². The number of halogens is 2. The quantitative estimate of drug-likeness (QED) is 0.647. The maximum Gasteiger partial charge on any atom is 0.256 e. The van der Waals surface area contributed by atoms with Crippen LogP contribution >= 0.6 is 15.9 Å². The summed E-state index contributed by atoms with van der Waals surface area (Å²) in [5.74, 6) is -0.682. The number of para-hydroxylation sites is 1. The molecule has 0 spiro atoms. The average molecular weight is 370 g/mol. The molecule has 2 nitrogen and oxygen atoms in total. The monoisotopic (exact) mass is 369 g/mol. The maximum atomic E-state index is 13.2. The van der Waals surface area contributed by atoms with E-state index in [-0.39, 0.29) is 5.91 Å². The number of nitrogens with one attached hydrogen (secondary N) is 1. The summed E-state index contributed by atoms with van der Waals surface area (Å²) in [6.07, 6.45) is 0. The third-order valence-electron chi connectivity index (χ3n) is 3.44. The lowest BCUT2D eigenvalue weighted by molar-refractivity contribution is 0.102. The maximum absolute atomic E-state index is 13.2. The lowest BCUT2D eigenvalue weighted by Crippen LogP contribution is -2.13. The Labute approximate surface area is 142 Å². The Hall–Kier alpha value is -2.46. The predicted octanol–water partition coefficient (Wildman–Crippen LogP) is 5.51. The summed E-state index contributed by atoms with van der Waals surface area (Å²) in [5, 5.41) is 2.89. The van der Waals surface area contributed by atoms with Gasteiger partial charge < -0.3 is 5.32 Å². The van der Waals surface area contributed by atoms with E-state index >= 15 is 0 Å². The van der Waals surface area contributed by atoms with Gasteiger partial charge in [0.2, 0.25) is 0 Å². The number of carbonyl (C=O) groups is 1. The highest BCUT2D eigenvalue weighted by atomic mass is 79.9.